The Morgan fingerprint density at radius 3 is 2.69 bits per heavy atom. The van der Waals surface area contributed by atoms with Crippen LogP contribution in [0.15, 0.2) is 42.5 Å². The third-order valence-electron chi connectivity index (χ3n) is 4.06. The van der Waals surface area contributed by atoms with E-state index in [-0.39, 0.29) is 19.0 Å². The summed E-state index contributed by atoms with van der Waals surface area (Å²) >= 11 is 0. The maximum Gasteiger partial charge on any atom is 0.241 e. The Labute approximate surface area is 154 Å². The van der Waals surface area contributed by atoms with Crippen LogP contribution in [0, 0.1) is 0 Å². The lowest BCUT2D eigenvalue weighted by Crippen LogP contribution is -2.33. The van der Waals surface area contributed by atoms with Crippen molar-refractivity contribution in [3.05, 3.63) is 48.0 Å². The Morgan fingerprint density at radius 2 is 1.96 bits per heavy atom. The minimum Gasteiger partial charge on any atom is -0.465 e. The van der Waals surface area contributed by atoms with E-state index in [0.29, 0.717) is 0 Å². The van der Waals surface area contributed by atoms with Gasteiger partial charge in [0.2, 0.25) is 5.91 Å². The summed E-state index contributed by atoms with van der Waals surface area (Å²) in [6.07, 6.45) is 5.27. The molecule has 3 N–H and O–H groups in total. The maximum atomic E-state index is 10.8. The fraction of sp³-hybridized carbons (Fsp3) is 0.381. The molecule has 1 heterocycles. The number of aliphatic hydroxyl groups excluding tert-OH is 1. The van der Waals surface area contributed by atoms with Gasteiger partial charge in [0.25, 0.3) is 0 Å². The average Bonchev–Trinajstić information content (AvgIpc) is 2.68. The number of fused-ring (bicyclic) bond motifs is 1. The third-order valence-corrected chi connectivity index (χ3v) is 4.06. The molecule has 1 aliphatic heterocycles. The number of carbonyl (C=O) groups excluding carboxylic acids is 1. The Bertz CT molecular complexity index is 757. The molecular formula is C21H27NO4. The molecule has 140 valence electrons. The summed E-state index contributed by atoms with van der Waals surface area (Å²) in [7, 11) is 0. The first-order valence-corrected chi connectivity index (χ1v) is 9.08. The predicted molar refractivity (Wildman–Crippen MR) is 104 cm³/mol. The largest absolute Gasteiger partial charge is 0.465 e. The number of hydrogen-bond donors (Lipinski definition) is 2. The van der Waals surface area contributed by atoms with Crippen LogP contribution in [-0.2, 0) is 9.53 Å². The molecular weight excluding hydrogens is 330 g/mol. The zero-order valence-corrected chi connectivity index (χ0v) is 15.4. The topological polar surface area (TPSA) is 81.8 Å². The van der Waals surface area contributed by atoms with Gasteiger partial charge < -0.3 is 20.3 Å². The van der Waals surface area contributed by atoms with Gasteiger partial charge in [0, 0.05) is 12.5 Å². The summed E-state index contributed by atoms with van der Waals surface area (Å²) in [6.45, 7) is 4.03. The van der Waals surface area contributed by atoms with Crippen LogP contribution in [0.4, 0.5) is 0 Å². The van der Waals surface area contributed by atoms with Crippen molar-refractivity contribution in [1.29, 1.82) is 0 Å². The molecule has 1 aliphatic rings. The molecule has 2 unspecified atom stereocenters. The lowest BCUT2D eigenvalue weighted by molar-refractivity contribution is -0.157. The normalized spacial score (nSPS) is 19.8. The van der Waals surface area contributed by atoms with E-state index in [1.54, 1.807) is 6.08 Å². The SMILES string of the molecule is CC.NC(=O)/C=C/c1ccc2cc(OC3CCCC(CO)O3)ccc2c1. The molecule has 5 nitrogen and oxygen atoms in total. The van der Waals surface area contributed by atoms with Gasteiger partial charge in [0.1, 0.15) is 5.75 Å². The number of aliphatic hydroxyl groups is 1. The second-order valence-corrected chi connectivity index (χ2v) is 5.92. The summed E-state index contributed by atoms with van der Waals surface area (Å²) < 4.78 is 11.6. The molecule has 2 aromatic rings. The van der Waals surface area contributed by atoms with Crippen LogP contribution in [0.25, 0.3) is 16.8 Å². The van der Waals surface area contributed by atoms with Gasteiger partial charge in [-0.3, -0.25) is 4.79 Å². The zero-order valence-electron chi connectivity index (χ0n) is 15.4. The van der Waals surface area contributed by atoms with Gasteiger partial charge in [0.15, 0.2) is 6.29 Å². The Morgan fingerprint density at radius 1 is 1.23 bits per heavy atom. The van der Waals surface area contributed by atoms with Crippen LogP contribution < -0.4 is 10.5 Å². The molecule has 0 aromatic heterocycles. The number of amides is 1. The summed E-state index contributed by atoms with van der Waals surface area (Å²) in [5.41, 5.74) is 6.03. The number of primary amides is 1. The first kappa shape index (κ1) is 19.9. The van der Waals surface area contributed by atoms with Gasteiger partial charge in [-0.25, -0.2) is 0 Å². The number of rotatable bonds is 5. The second-order valence-electron chi connectivity index (χ2n) is 5.92. The first-order valence-electron chi connectivity index (χ1n) is 9.08. The van der Waals surface area contributed by atoms with Crippen LogP contribution in [0.2, 0.25) is 0 Å². The number of nitrogens with two attached hydrogens (primary N) is 1. The van der Waals surface area contributed by atoms with Gasteiger partial charge in [0.05, 0.1) is 12.7 Å². The molecule has 0 bridgehead atoms. The van der Waals surface area contributed by atoms with Crippen LogP contribution in [-0.4, -0.2) is 30.0 Å². The third kappa shape index (κ3) is 5.58. The highest BCUT2D eigenvalue weighted by Gasteiger charge is 2.23. The number of carbonyl (C=O) groups is 1. The molecule has 1 amide bonds. The molecule has 0 saturated carbocycles. The summed E-state index contributed by atoms with van der Waals surface area (Å²) in [6, 6.07) is 11.7. The number of ether oxygens (including phenoxy) is 2. The molecule has 0 radical (unpaired) electrons. The molecule has 5 heteroatoms. The van der Waals surface area contributed by atoms with Gasteiger partial charge in [-0.1, -0.05) is 32.0 Å². The Hall–Kier alpha value is -2.37. The molecule has 0 spiro atoms. The average molecular weight is 357 g/mol. The standard InChI is InChI=1S/C19H21NO4.C2H6/c20-18(22)9-5-13-4-6-15-11-16(8-7-14(15)10-13)23-19-3-1-2-17(12-21)24-19;1-2/h4-11,17,19,21H,1-3,12H2,(H2,20,22);1-2H3/b9-5+;. The number of benzene rings is 2. The molecule has 1 saturated heterocycles. The van der Waals surface area contributed by atoms with Gasteiger partial charge in [-0.2, -0.15) is 0 Å². The Balaban J connectivity index is 0.00000117. The van der Waals surface area contributed by atoms with Crippen LogP contribution in [0.5, 0.6) is 5.75 Å². The van der Waals surface area contributed by atoms with E-state index in [1.807, 2.05) is 50.2 Å². The first-order chi connectivity index (χ1) is 12.6. The van der Waals surface area contributed by atoms with E-state index in [1.165, 1.54) is 6.08 Å². The van der Waals surface area contributed by atoms with Crippen molar-refractivity contribution in [3.63, 3.8) is 0 Å². The molecule has 3 rings (SSSR count). The monoisotopic (exact) mass is 357 g/mol. The lowest BCUT2D eigenvalue weighted by Gasteiger charge is -2.29. The highest BCUT2D eigenvalue weighted by Crippen LogP contribution is 2.26. The van der Waals surface area contributed by atoms with Crippen LogP contribution in [0.1, 0.15) is 38.7 Å². The van der Waals surface area contributed by atoms with Crippen LogP contribution in [0.3, 0.4) is 0 Å². The summed E-state index contributed by atoms with van der Waals surface area (Å²) in [5, 5.41) is 11.3. The van der Waals surface area contributed by atoms with E-state index >= 15 is 0 Å². The van der Waals surface area contributed by atoms with Gasteiger partial charge in [-0.05, 0) is 53.5 Å². The summed E-state index contributed by atoms with van der Waals surface area (Å²) in [4.78, 5) is 10.8. The second kappa shape index (κ2) is 9.94. The molecule has 26 heavy (non-hydrogen) atoms. The highest BCUT2D eigenvalue weighted by molar-refractivity contribution is 5.92. The van der Waals surface area contributed by atoms with Crippen molar-refractivity contribution in [3.8, 4) is 5.75 Å². The quantitative estimate of drug-likeness (QED) is 0.801. The molecule has 0 aliphatic carbocycles. The molecule has 2 atom stereocenters. The molecule has 1 fully saturated rings. The van der Waals surface area contributed by atoms with Gasteiger partial charge in [-0.15, -0.1) is 0 Å². The predicted octanol–water partition coefficient (Wildman–Crippen LogP) is 3.63. The van der Waals surface area contributed by atoms with Crippen molar-refractivity contribution < 1.29 is 19.4 Å². The van der Waals surface area contributed by atoms with Crippen molar-refractivity contribution in [2.75, 3.05) is 6.61 Å². The fourth-order valence-corrected chi connectivity index (χ4v) is 2.83. The van der Waals surface area contributed by atoms with E-state index in [4.69, 9.17) is 15.2 Å². The smallest absolute Gasteiger partial charge is 0.241 e. The van der Waals surface area contributed by atoms with Crippen molar-refractivity contribution in [2.24, 2.45) is 5.73 Å². The van der Waals surface area contributed by atoms with E-state index in [0.717, 1.165) is 41.3 Å². The van der Waals surface area contributed by atoms with Crippen LogP contribution >= 0.6 is 0 Å². The maximum absolute atomic E-state index is 10.8. The molecule has 2 aromatic carbocycles. The summed E-state index contributed by atoms with van der Waals surface area (Å²) in [5.74, 6) is 0.277. The van der Waals surface area contributed by atoms with Crippen molar-refractivity contribution in [1.82, 2.24) is 0 Å². The fourth-order valence-electron chi connectivity index (χ4n) is 2.83. The minimum absolute atomic E-state index is 0.0270. The Kier molecular flexibility index (Phi) is 7.63. The van der Waals surface area contributed by atoms with E-state index in [9.17, 15) is 9.90 Å². The van der Waals surface area contributed by atoms with Crippen molar-refractivity contribution in [2.45, 2.75) is 45.5 Å². The highest BCUT2D eigenvalue weighted by atomic mass is 16.7. The van der Waals surface area contributed by atoms with Gasteiger partial charge >= 0.3 is 0 Å². The van der Waals surface area contributed by atoms with E-state index < -0.39 is 5.91 Å². The van der Waals surface area contributed by atoms with Crippen molar-refractivity contribution >= 4 is 22.8 Å². The zero-order chi connectivity index (χ0) is 18.9. The van der Waals surface area contributed by atoms with E-state index in [2.05, 4.69) is 0 Å². The lowest BCUT2D eigenvalue weighted by atomic mass is 10.1. The number of hydrogen-bond acceptors (Lipinski definition) is 4. The minimum atomic E-state index is -0.465.